The second-order valence-corrected chi connectivity index (χ2v) is 4.84. The van der Waals surface area contributed by atoms with E-state index in [9.17, 15) is 4.79 Å². The Morgan fingerprint density at radius 2 is 2.31 bits per heavy atom. The summed E-state index contributed by atoms with van der Waals surface area (Å²) in [5, 5.41) is 15.1. The average Bonchev–Trinajstić information content (AvgIpc) is 2.65. The summed E-state index contributed by atoms with van der Waals surface area (Å²) >= 11 is 1.60. The van der Waals surface area contributed by atoms with E-state index in [1.54, 1.807) is 11.3 Å². The van der Waals surface area contributed by atoms with Crippen molar-refractivity contribution < 1.29 is 9.90 Å². The molecule has 1 aromatic rings. The molecule has 2 N–H and O–H groups in total. The predicted molar refractivity (Wildman–Crippen MR) is 63.1 cm³/mol. The Balaban J connectivity index is 1.83. The third kappa shape index (κ3) is 2.63. The Morgan fingerprint density at radius 3 is 2.81 bits per heavy atom. The van der Waals surface area contributed by atoms with Crippen molar-refractivity contribution in [2.75, 3.05) is 18.4 Å². The van der Waals surface area contributed by atoms with Crippen LogP contribution >= 0.6 is 11.3 Å². The van der Waals surface area contributed by atoms with Gasteiger partial charge in [0.1, 0.15) is 0 Å². The largest absolute Gasteiger partial charge is 0.465 e. The van der Waals surface area contributed by atoms with Crippen molar-refractivity contribution in [2.45, 2.75) is 25.8 Å². The van der Waals surface area contributed by atoms with E-state index in [1.807, 2.05) is 12.3 Å². The molecule has 1 amide bonds. The minimum Gasteiger partial charge on any atom is -0.465 e. The molecule has 0 aliphatic carbocycles. The highest BCUT2D eigenvalue weighted by Gasteiger charge is 2.22. The van der Waals surface area contributed by atoms with Crippen LogP contribution in [0.3, 0.4) is 0 Å². The third-order valence-corrected chi connectivity index (χ3v) is 3.60. The molecule has 2 heterocycles. The fourth-order valence-corrected chi connectivity index (χ4v) is 2.58. The summed E-state index contributed by atoms with van der Waals surface area (Å²) in [5.74, 6) is 0. The molecule has 1 aliphatic heterocycles. The third-order valence-electron chi connectivity index (χ3n) is 2.71. The lowest BCUT2D eigenvalue weighted by Gasteiger charge is -2.30. The molecule has 6 heteroatoms. The van der Waals surface area contributed by atoms with Crippen LogP contribution in [-0.4, -0.2) is 40.2 Å². The Morgan fingerprint density at radius 1 is 1.62 bits per heavy atom. The van der Waals surface area contributed by atoms with E-state index in [4.69, 9.17) is 5.11 Å². The van der Waals surface area contributed by atoms with Crippen LogP contribution in [-0.2, 0) is 0 Å². The molecule has 0 saturated carbocycles. The molecule has 88 valence electrons. The number of rotatable bonds is 2. The molecule has 0 unspecified atom stereocenters. The molecular formula is C10H15N3O2S. The second-order valence-electron chi connectivity index (χ2n) is 3.98. The van der Waals surface area contributed by atoms with Gasteiger partial charge in [0, 0.05) is 24.5 Å². The van der Waals surface area contributed by atoms with Crippen molar-refractivity contribution in [3.8, 4) is 0 Å². The van der Waals surface area contributed by atoms with Gasteiger partial charge in [0.15, 0.2) is 5.13 Å². The molecule has 0 spiro atoms. The van der Waals surface area contributed by atoms with Crippen LogP contribution in [0.1, 0.15) is 18.5 Å². The predicted octanol–water partition coefficient (Wildman–Crippen LogP) is 2.01. The smallest absolute Gasteiger partial charge is 0.407 e. The lowest BCUT2D eigenvalue weighted by atomic mass is 10.1. The summed E-state index contributed by atoms with van der Waals surface area (Å²) in [4.78, 5) is 16.5. The summed E-state index contributed by atoms with van der Waals surface area (Å²) in [6.07, 6.45) is 0.888. The van der Waals surface area contributed by atoms with Crippen molar-refractivity contribution in [1.82, 2.24) is 9.88 Å². The molecule has 1 fully saturated rings. The number of hydrogen-bond donors (Lipinski definition) is 2. The highest BCUT2D eigenvalue weighted by Crippen LogP contribution is 2.19. The van der Waals surface area contributed by atoms with E-state index in [-0.39, 0.29) is 0 Å². The SMILES string of the molecule is Cc1csc(NC2CCN(C(=O)O)CC2)n1. The zero-order valence-electron chi connectivity index (χ0n) is 9.14. The summed E-state index contributed by atoms with van der Waals surface area (Å²) < 4.78 is 0. The van der Waals surface area contributed by atoms with Gasteiger partial charge in [-0.2, -0.15) is 0 Å². The van der Waals surface area contributed by atoms with E-state index >= 15 is 0 Å². The number of hydrogen-bond acceptors (Lipinski definition) is 4. The van der Waals surface area contributed by atoms with Gasteiger partial charge in [0.2, 0.25) is 0 Å². The molecule has 1 saturated heterocycles. The highest BCUT2D eigenvalue weighted by molar-refractivity contribution is 7.13. The van der Waals surface area contributed by atoms with Crippen LogP contribution in [0.5, 0.6) is 0 Å². The van der Waals surface area contributed by atoms with E-state index in [1.165, 1.54) is 4.90 Å². The molecule has 0 aromatic carbocycles. The van der Waals surface area contributed by atoms with Gasteiger partial charge in [-0.05, 0) is 19.8 Å². The van der Waals surface area contributed by atoms with Crippen molar-refractivity contribution in [2.24, 2.45) is 0 Å². The number of amides is 1. The Bertz CT molecular complexity index is 372. The Kier molecular flexibility index (Phi) is 3.28. The van der Waals surface area contributed by atoms with E-state index < -0.39 is 6.09 Å². The Hall–Kier alpha value is -1.30. The molecule has 5 nitrogen and oxygen atoms in total. The minimum atomic E-state index is -0.816. The molecule has 0 bridgehead atoms. The number of nitrogens with one attached hydrogen (secondary N) is 1. The number of aryl methyl sites for hydroxylation is 1. The van der Waals surface area contributed by atoms with Crippen LogP contribution in [0.2, 0.25) is 0 Å². The van der Waals surface area contributed by atoms with Crippen LogP contribution in [0.4, 0.5) is 9.93 Å². The first-order valence-corrected chi connectivity index (χ1v) is 6.19. The lowest BCUT2D eigenvalue weighted by molar-refractivity contribution is 0.134. The molecule has 0 radical (unpaired) electrons. The fraction of sp³-hybridized carbons (Fsp3) is 0.600. The summed E-state index contributed by atoms with van der Waals surface area (Å²) in [6.45, 7) is 3.18. The standard InChI is InChI=1S/C10H15N3O2S/c1-7-6-16-9(11-7)12-8-2-4-13(5-3-8)10(14)15/h6,8H,2-5H2,1H3,(H,11,12)(H,14,15). The number of anilines is 1. The first kappa shape index (κ1) is 11.2. The number of carbonyl (C=O) groups is 1. The highest BCUT2D eigenvalue weighted by atomic mass is 32.1. The molecular weight excluding hydrogens is 226 g/mol. The average molecular weight is 241 g/mol. The zero-order chi connectivity index (χ0) is 11.5. The minimum absolute atomic E-state index is 0.348. The quantitative estimate of drug-likeness (QED) is 0.831. The van der Waals surface area contributed by atoms with Gasteiger partial charge in [-0.3, -0.25) is 0 Å². The monoisotopic (exact) mass is 241 g/mol. The van der Waals surface area contributed by atoms with Crippen molar-refractivity contribution in [3.05, 3.63) is 11.1 Å². The van der Waals surface area contributed by atoms with Gasteiger partial charge in [-0.25, -0.2) is 9.78 Å². The number of piperidine rings is 1. The van der Waals surface area contributed by atoms with E-state index in [0.29, 0.717) is 19.1 Å². The first-order chi connectivity index (χ1) is 7.65. The molecule has 2 rings (SSSR count). The molecule has 16 heavy (non-hydrogen) atoms. The van der Waals surface area contributed by atoms with E-state index in [0.717, 1.165) is 23.7 Å². The summed E-state index contributed by atoms with van der Waals surface area (Å²) in [5.41, 5.74) is 1.02. The topological polar surface area (TPSA) is 65.5 Å². The van der Waals surface area contributed by atoms with Gasteiger partial charge >= 0.3 is 6.09 Å². The molecule has 1 aromatic heterocycles. The Labute approximate surface area is 98.1 Å². The second kappa shape index (κ2) is 4.69. The number of likely N-dealkylation sites (tertiary alicyclic amines) is 1. The van der Waals surface area contributed by atoms with Crippen molar-refractivity contribution in [1.29, 1.82) is 0 Å². The number of aromatic nitrogens is 1. The maximum Gasteiger partial charge on any atom is 0.407 e. The van der Waals surface area contributed by atoms with Crippen LogP contribution < -0.4 is 5.32 Å². The first-order valence-electron chi connectivity index (χ1n) is 5.31. The zero-order valence-corrected chi connectivity index (χ0v) is 9.96. The van der Waals surface area contributed by atoms with Crippen LogP contribution in [0.15, 0.2) is 5.38 Å². The number of carboxylic acid groups (broad SMARTS) is 1. The van der Waals surface area contributed by atoms with Gasteiger partial charge in [-0.15, -0.1) is 11.3 Å². The van der Waals surface area contributed by atoms with Crippen molar-refractivity contribution >= 4 is 22.6 Å². The maximum atomic E-state index is 10.7. The van der Waals surface area contributed by atoms with Gasteiger partial charge < -0.3 is 15.3 Å². The van der Waals surface area contributed by atoms with Crippen molar-refractivity contribution in [3.63, 3.8) is 0 Å². The summed E-state index contributed by atoms with van der Waals surface area (Å²) in [6, 6.07) is 0.348. The van der Waals surface area contributed by atoms with Gasteiger partial charge in [0.05, 0.1) is 5.69 Å². The van der Waals surface area contributed by atoms with Crippen LogP contribution in [0.25, 0.3) is 0 Å². The molecule has 0 atom stereocenters. The number of nitrogens with zero attached hydrogens (tertiary/aromatic N) is 2. The van der Waals surface area contributed by atoms with E-state index in [2.05, 4.69) is 10.3 Å². The van der Waals surface area contributed by atoms with Gasteiger partial charge in [0.25, 0.3) is 0 Å². The maximum absolute atomic E-state index is 10.7. The number of thiazole rings is 1. The van der Waals surface area contributed by atoms with Crippen LogP contribution in [0, 0.1) is 6.92 Å². The van der Waals surface area contributed by atoms with Gasteiger partial charge in [-0.1, -0.05) is 0 Å². The normalized spacial score (nSPS) is 17.4. The summed E-state index contributed by atoms with van der Waals surface area (Å²) in [7, 11) is 0. The lowest BCUT2D eigenvalue weighted by Crippen LogP contribution is -2.41. The fourth-order valence-electron chi connectivity index (χ4n) is 1.81. The molecule has 1 aliphatic rings.